The first kappa shape index (κ1) is 26.1. The number of anilines is 1. The highest BCUT2D eigenvalue weighted by Crippen LogP contribution is 2.36. The molecule has 3 aliphatic rings. The zero-order chi connectivity index (χ0) is 27.4. The van der Waals surface area contributed by atoms with Crippen LogP contribution in [0.2, 0.25) is 0 Å². The van der Waals surface area contributed by atoms with Gasteiger partial charge in [-0.3, -0.25) is 19.7 Å². The van der Waals surface area contributed by atoms with Crippen LogP contribution in [0, 0.1) is 5.82 Å². The van der Waals surface area contributed by atoms with Gasteiger partial charge in [-0.25, -0.2) is 12.8 Å². The van der Waals surface area contributed by atoms with Gasteiger partial charge >= 0.3 is 6.18 Å². The van der Waals surface area contributed by atoms with Gasteiger partial charge in [0.15, 0.2) is 0 Å². The molecule has 14 heteroatoms. The van der Waals surface area contributed by atoms with Crippen LogP contribution in [0.3, 0.4) is 0 Å². The highest BCUT2D eigenvalue weighted by molar-refractivity contribution is 7.89. The van der Waals surface area contributed by atoms with Crippen LogP contribution in [0.1, 0.15) is 34.3 Å². The maximum absolute atomic E-state index is 15.1. The fraction of sp³-hybridized carbons (Fsp3) is 0.375. The Balaban J connectivity index is 1.33. The minimum Gasteiger partial charge on any atom is -0.367 e. The second kappa shape index (κ2) is 9.34. The maximum atomic E-state index is 15.1. The van der Waals surface area contributed by atoms with E-state index in [1.807, 2.05) is 0 Å². The summed E-state index contributed by atoms with van der Waals surface area (Å²) in [5, 5.41) is 2.20. The van der Waals surface area contributed by atoms with E-state index in [1.54, 1.807) is 4.90 Å². The van der Waals surface area contributed by atoms with Crippen molar-refractivity contribution in [3.8, 4) is 0 Å². The summed E-state index contributed by atoms with van der Waals surface area (Å²) in [6, 6.07) is 5.64. The van der Waals surface area contributed by atoms with E-state index in [0.29, 0.717) is 11.6 Å². The van der Waals surface area contributed by atoms with Crippen molar-refractivity contribution < 1.29 is 40.4 Å². The summed E-state index contributed by atoms with van der Waals surface area (Å²) < 4.78 is 82.3. The van der Waals surface area contributed by atoms with Crippen LogP contribution in [0.15, 0.2) is 41.3 Å². The van der Waals surface area contributed by atoms with E-state index in [4.69, 9.17) is 0 Å². The van der Waals surface area contributed by atoms with Crippen LogP contribution in [-0.4, -0.2) is 67.6 Å². The fourth-order valence-electron chi connectivity index (χ4n) is 5.05. The van der Waals surface area contributed by atoms with Crippen LogP contribution in [-0.2, 0) is 32.3 Å². The first-order chi connectivity index (χ1) is 17.9. The Labute approximate surface area is 215 Å². The smallest absolute Gasteiger partial charge is 0.367 e. The zero-order valence-corrected chi connectivity index (χ0v) is 20.6. The molecule has 1 unspecified atom stereocenters. The normalized spacial score (nSPS) is 21.1. The van der Waals surface area contributed by atoms with E-state index >= 15 is 4.39 Å². The molecule has 0 saturated carbocycles. The topological polar surface area (TPSA) is 107 Å². The molecule has 2 aromatic rings. The van der Waals surface area contributed by atoms with Gasteiger partial charge in [-0.1, -0.05) is 12.1 Å². The van der Waals surface area contributed by atoms with Gasteiger partial charge in [0.1, 0.15) is 11.9 Å². The predicted octanol–water partition coefficient (Wildman–Crippen LogP) is 2.12. The van der Waals surface area contributed by atoms with Crippen molar-refractivity contribution in [2.24, 2.45) is 0 Å². The number of carbonyl (C=O) groups is 3. The van der Waals surface area contributed by atoms with Gasteiger partial charge in [-0.2, -0.15) is 17.5 Å². The highest BCUT2D eigenvalue weighted by Gasteiger charge is 2.41. The molecule has 202 valence electrons. The van der Waals surface area contributed by atoms with Gasteiger partial charge in [0.05, 0.1) is 16.1 Å². The van der Waals surface area contributed by atoms with Gasteiger partial charge in [-0.15, -0.1) is 0 Å². The molecule has 0 bridgehead atoms. The number of carbonyl (C=O) groups excluding carboxylic acids is 3. The van der Waals surface area contributed by atoms with Gasteiger partial charge in [0.2, 0.25) is 21.8 Å². The van der Waals surface area contributed by atoms with E-state index in [2.05, 4.69) is 5.32 Å². The van der Waals surface area contributed by atoms with E-state index in [-0.39, 0.29) is 56.8 Å². The second-order valence-corrected chi connectivity index (χ2v) is 11.2. The molecule has 5 rings (SSSR count). The molecule has 3 heterocycles. The van der Waals surface area contributed by atoms with Crippen LogP contribution >= 0.6 is 0 Å². The summed E-state index contributed by atoms with van der Waals surface area (Å²) in [7, 11) is -4.46. The number of nitrogens with one attached hydrogen (secondary N) is 1. The molecule has 38 heavy (non-hydrogen) atoms. The number of sulfonamides is 1. The Bertz CT molecular complexity index is 1440. The summed E-state index contributed by atoms with van der Waals surface area (Å²) >= 11 is 0. The van der Waals surface area contributed by atoms with Gasteiger partial charge in [0, 0.05) is 44.7 Å². The van der Waals surface area contributed by atoms with Crippen molar-refractivity contribution in [3.05, 3.63) is 58.9 Å². The number of hydrogen-bond acceptors (Lipinski definition) is 6. The highest BCUT2D eigenvalue weighted by atomic mass is 32.2. The molecule has 2 saturated heterocycles. The number of fused-ring (bicyclic) bond motifs is 1. The third kappa shape index (κ3) is 4.51. The molecular formula is C24H22F4N4O5S. The van der Waals surface area contributed by atoms with Crippen molar-refractivity contribution in [1.82, 2.24) is 14.5 Å². The molecule has 9 nitrogen and oxygen atoms in total. The fourth-order valence-corrected chi connectivity index (χ4v) is 6.69. The summed E-state index contributed by atoms with van der Waals surface area (Å²) in [5.41, 5.74) is -0.557. The summed E-state index contributed by atoms with van der Waals surface area (Å²) in [5.74, 6) is -2.26. The lowest BCUT2D eigenvalue weighted by Crippen LogP contribution is -2.52. The Morgan fingerprint density at radius 3 is 2.32 bits per heavy atom. The largest absolute Gasteiger partial charge is 0.417 e. The molecule has 0 aromatic heterocycles. The molecular weight excluding hydrogens is 532 g/mol. The number of hydrogen-bond donors (Lipinski definition) is 1. The van der Waals surface area contributed by atoms with Crippen molar-refractivity contribution >= 4 is 33.4 Å². The van der Waals surface area contributed by atoms with E-state index in [0.717, 1.165) is 22.5 Å². The number of piperazine rings is 1. The van der Waals surface area contributed by atoms with E-state index in [1.165, 1.54) is 17.0 Å². The first-order valence-electron chi connectivity index (χ1n) is 11.8. The van der Waals surface area contributed by atoms with Gasteiger partial charge < -0.3 is 9.80 Å². The molecule has 3 aliphatic heterocycles. The lowest BCUT2D eigenvalue weighted by Gasteiger charge is -2.36. The summed E-state index contributed by atoms with van der Waals surface area (Å²) in [4.78, 5) is 38.6. The van der Waals surface area contributed by atoms with E-state index in [9.17, 15) is 36.0 Å². The average Bonchev–Trinajstić information content (AvgIpc) is 3.18. The van der Waals surface area contributed by atoms with Crippen molar-refractivity contribution in [1.29, 1.82) is 0 Å². The van der Waals surface area contributed by atoms with Crippen molar-refractivity contribution in [2.75, 3.05) is 31.1 Å². The zero-order valence-electron chi connectivity index (χ0n) is 19.8. The number of amides is 3. The number of imide groups is 1. The molecule has 1 N–H and O–H groups in total. The Morgan fingerprint density at radius 1 is 0.974 bits per heavy atom. The second-order valence-electron chi connectivity index (χ2n) is 9.25. The number of halogens is 4. The third-order valence-electron chi connectivity index (χ3n) is 6.98. The lowest BCUT2D eigenvalue weighted by molar-refractivity contribution is -0.140. The Hall–Kier alpha value is -3.52. The Kier molecular flexibility index (Phi) is 6.42. The molecule has 1 atom stereocenters. The first-order valence-corrected chi connectivity index (χ1v) is 13.2. The monoisotopic (exact) mass is 554 g/mol. The predicted molar refractivity (Wildman–Crippen MR) is 125 cm³/mol. The lowest BCUT2D eigenvalue weighted by atomic mass is 10.0. The van der Waals surface area contributed by atoms with Crippen molar-refractivity contribution in [3.63, 3.8) is 0 Å². The van der Waals surface area contributed by atoms with Crippen LogP contribution in [0.4, 0.5) is 23.2 Å². The standard InChI is InChI=1S/C24H22F4N4O5S/c25-17-12-15-14(13-32(23(15)35)18-5-6-21(33)29-22(18)34)11-19(17)30-7-9-31(10-8-30)38(36,37)20-4-2-1-3-16(20)24(26,27)28/h1-4,11-12,18H,5-10,13H2,(H,29,33,34). The summed E-state index contributed by atoms with van der Waals surface area (Å²) in [6.07, 6.45) is -4.61. The number of piperidine rings is 1. The molecule has 2 fully saturated rings. The Morgan fingerprint density at radius 2 is 1.66 bits per heavy atom. The van der Waals surface area contributed by atoms with Gasteiger partial charge in [0.25, 0.3) is 5.91 Å². The minimum atomic E-state index is -4.85. The van der Waals surface area contributed by atoms with Crippen LogP contribution in [0.5, 0.6) is 0 Å². The van der Waals surface area contributed by atoms with Crippen LogP contribution < -0.4 is 10.2 Å². The number of benzene rings is 2. The van der Waals surface area contributed by atoms with Gasteiger partial charge in [-0.05, 0) is 36.2 Å². The average molecular weight is 555 g/mol. The van der Waals surface area contributed by atoms with Crippen molar-refractivity contribution in [2.45, 2.75) is 36.5 Å². The number of nitrogens with zero attached hydrogens (tertiary/aromatic N) is 3. The SMILES string of the molecule is O=C1CCC(N2Cc3cc(N4CCN(S(=O)(=O)c5ccccc5C(F)(F)F)CC4)c(F)cc3C2=O)C(=O)N1. The minimum absolute atomic E-state index is 0.00786. The maximum Gasteiger partial charge on any atom is 0.417 e. The third-order valence-corrected chi connectivity index (χ3v) is 8.94. The molecule has 3 amide bonds. The molecule has 0 aliphatic carbocycles. The van der Waals surface area contributed by atoms with E-state index < -0.39 is 56.2 Å². The molecule has 0 radical (unpaired) electrons. The summed E-state index contributed by atoms with van der Waals surface area (Å²) in [6.45, 7) is -0.295. The molecule has 2 aromatic carbocycles. The quantitative estimate of drug-likeness (QED) is 0.459. The van der Waals surface area contributed by atoms with Crippen LogP contribution in [0.25, 0.3) is 0 Å². The number of rotatable bonds is 4. The number of alkyl halides is 3. The molecule has 0 spiro atoms.